The van der Waals surface area contributed by atoms with Crippen LogP contribution in [0.2, 0.25) is 0 Å². The van der Waals surface area contributed by atoms with Crippen LogP contribution in [0.3, 0.4) is 0 Å². The van der Waals surface area contributed by atoms with Gasteiger partial charge >= 0.3 is 5.97 Å². The van der Waals surface area contributed by atoms with E-state index in [1.165, 1.54) is 5.56 Å². The van der Waals surface area contributed by atoms with Gasteiger partial charge in [0.2, 0.25) is 5.89 Å². The first kappa shape index (κ1) is 14.7. The van der Waals surface area contributed by atoms with E-state index in [4.69, 9.17) is 9.63 Å². The topological polar surface area (TPSA) is 79.5 Å². The molecule has 0 aliphatic carbocycles. The van der Waals surface area contributed by atoms with E-state index in [1.54, 1.807) is 19.1 Å². The lowest BCUT2D eigenvalue weighted by molar-refractivity contribution is 0.0697. The number of hydrogen-bond acceptors (Lipinski definition) is 5. The predicted molar refractivity (Wildman–Crippen MR) is 79.7 cm³/mol. The number of benzene rings is 1. The molecule has 0 amide bonds. The molecule has 1 N–H and O–H groups in total. The number of rotatable bonds is 4. The van der Waals surface area contributed by atoms with Crippen LogP contribution in [0, 0.1) is 6.92 Å². The van der Waals surface area contributed by atoms with Gasteiger partial charge in [-0.3, -0.25) is 4.90 Å². The number of carboxylic acid groups (broad SMARTS) is 1. The first-order valence-corrected chi connectivity index (χ1v) is 7.46. The summed E-state index contributed by atoms with van der Waals surface area (Å²) in [6, 6.07) is 7.21. The zero-order valence-electron chi connectivity index (χ0n) is 12.5. The Labute approximate surface area is 128 Å². The van der Waals surface area contributed by atoms with Crippen molar-refractivity contribution in [3.63, 3.8) is 0 Å². The van der Waals surface area contributed by atoms with E-state index < -0.39 is 5.97 Å². The Morgan fingerprint density at radius 3 is 2.82 bits per heavy atom. The summed E-state index contributed by atoms with van der Waals surface area (Å²) in [5.41, 5.74) is 1.53. The van der Waals surface area contributed by atoms with Gasteiger partial charge in [-0.25, -0.2) is 4.79 Å². The molecule has 1 aliphatic heterocycles. The van der Waals surface area contributed by atoms with Gasteiger partial charge in [0.15, 0.2) is 5.82 Å². The summed E-state index contributed by atoms with van der Waals surface area (Å²) in [5, 5.41) is 12.9. The molecule has 1 aromatic heterocycles. The smallest absolute Gasteiger partial charge is 0.335 e. The van der Waals surface area contributed by atoms with Crippen molar-refractivity contribution >= 4 is 5.97 Å². The summed E-state index contributed by atoms with van der Waals surface area (Å²) < 4.78 is 5.01. The molecule has 0 spiro atoms. The monoisotopic (exact) mass is 301 g/mol. The van der Waals surface area contributed by atoms with Crippen LogP contribution in [-0.2, 0) is 6.54 Å². The van der Waals surface area contributed by atoms with Crippen LogP contribution in [0.4, 0.5) is 0 Å². The van der Waals surface area contributed by atoms with Gasteiger partial charge < -0.3 is 9.63 Å². The van der Waals surface area contributed by atoms with Crippen LogP contribution in [0.25, 0.3) is 0 Å². The number of hydrogen-bond donors (Lipinski definition) is 1. The van der Waals surface area contributed by atoms with Gasteiger partial charge in [-0.05, 0) is 43.0 Å². The fourth-order valence-corrected chi connectivity index (χ4v) is 2.97. The fraction of sp³-hybridized carbons (Fsp3) is 0.438. The average molecular weight is 301 g/mol. The molecule has 6 nitrogen and oxygen atoms in total. The zero-order valence-corrected chi connectivity index (χ0v) is 12.5. The Balaban J connectivity index is 1.66. The van der Waals surface area contributed by atoms with Crippen LogP contribution < -0.4 is 0 Å². The molecule has 116 valence electrons. The van der Waals surface area contributed by atoms with Crippen LogP contribution >= 0.6 is 0 Å². The van der Waals surface area contributed by atoms with Crippen molar-refractivity contribution in [2.75, 3.05) is 13.1 Å². The summed E-state index contributed by atoms with van der Waals surface area (Å²) in [6.45, 7) is 4.44. The predicted octanol–water partition coefficient (Wildman–Crippen LogP) is 2.46. The molecule has 1 atom stereocenters. The molecule has 22 heavy (non-hydrogen) atoms. The van der Waals surface area contributed by atoms with Gasteiger partial charge in [0.25, 0.3) is 0 Å². The van der Waals surface area contributed by atoms with Crippen molar-refractivity contribution in [1.29, 1.82) is 0 Å². The van der Waals surface area contributed by atoms with Crippen molar-refractivity contribution < 1.29 is 14.4 Å². The highest BCUT2D eigenvalue weighted by atomic mass is 16.5. The quantitative estimate of drug-likeness (QED) is 0.934. The van der Waals surface area contributed by atoms with Crippen molar-refractivity contribution in [2.45, 2.75) is 32.2 Å². The van der Waals surface area contributed by atoms with E-state index in [9.17, 15) is 4.79 Å². The van der Waals surface area contributed by atoms with Crippen molar-refractivity contribution in [1.82, 2.24) is 15.0 Å². The minimum atomic E-state index is -0.885. The molecule has 0 unspecified atom stereocenters. The van der Waals surface area contributed by atoms with Gasteiger partial charge in [-0.2, -0.15) is 4.98 Å². The van der Waals surface area contributed by atoms with E-state index >= 15 is 0 Å². The second-order valence-corrected chi connectivity index (χ2v) is 5.73. The number of nitrogens with zero attached hydrogens (tertiary/aromatic N) is 3. The molecule has 0 saturated carbocycles. The Morgan fingerprint density at radius 1 is 1.41 bits per heavy atom. The number of piperidine rings is 1. The SMILES string of the molecule is Cc1nc(CN2CCC[C@H](c3ccc(C(=O)O)cc3)C2)no1. The van der Waals surface area contributed by atoms with Crippen LogP contribution in [-0.4, -0.2) is 39.2 Å². The van der Waals surface area contributed by atoms with Crippen LogP contribution in [0.5, 0.6) is 0 Å². The lowest BCUT2D eigenvalue weighted by atomic mass is 9.90. The molecule has 1 saturated heterocycles. The number of aryl methyl sites for hydroxylation is 1. The van der Waals surface area contributed by atoms with Crippen molar-refractivity contribution in [3.05, 3.63) is 47.1 Å². The van der Waals surface area contributed by atoms with Gasteiger partial charge in [-0.15, -0.1) is 0 Å². The third kappa shape index (κ3) is 3.33. The summed E-state index contributed by atoms with van der Waals surface area (Å²) >= 11 is 0. The Morgan fingerprint density at radius 2 is 2.18 bits per heavy atom. The average Bonchev–Trinajstić information content (AvgIpc) is 2.93. The van der Waals surface area contributed by atoms with Crippen LogP contribution in [0.1, 0.15) is 46.4 Å². The molecule has 3 rings (SSSR count). The van der Waals surface area contributed by atoms with Crippen molar-refractivity contribution in [2.24, 2.45) is 0 Å². The van der Waals surface area contributed by atoms with Gasteiger partial charge in [0, 0.05) is 13.5 Å². The van der Waals surface area contributed by atoms with E-state index in [2.05, 4.69) is 15.0 Å². The minimum absolute atomic E-state index is 0.332. The number of carbonyl (C=O) groups is 1. The standard InChI is InChI=1S/C16H19N3O3/c1-11-17-15(18-22-11)10-19-8-2-3-14(9-19)12-4-6-13(7-5-12)16(20)21/h4-7,14H,2-3,8-10H2,1H3,(H,20,21)/t14-/m0/s1. The van der Waals surface area contributed by atoms with Gasteiger partial charge in [0.05, 0.1) is 12.1 Å². The molecule has 2 aromatic rings. The van der Waals surface area contributed by atoms with Crippen LogP contribution in [0.15, 0.2) is 28.8 Å². The second kappa shape index (κ2) is 6.27. The first-order valence-electron chi connectivity index (χ1n) is 7.46. The Bertz CT molecular complexity index is 651. The minimum Gasteiger partial charge on any atom is -0.478 e. The maximum Gasteiger partial charge on any atom is 0.335 e. The van der Waals surface area contributed by atoms with Crippen molar-refractivity contribution in [3.8, 4) is 0 Å². The normalized spacial score (nSPS) is 19.2. The molecule has 1 fully saturated rings. The van der Waals surface area contributed by atoms with E-state index in [0.717, 1.165) is 31.8 Å². The number of aromatic nitrogens is 2. The van der Waals surface area contributed by atoms with Gasteiger partial charge in [0.1, 0.15) is 0 Å². The van der Waals surface area contributed by atoms with E-state index in [0.29, 0.717) is 23.9 Å². The molecule has 6 heteroatoms. The molecule has 1 aromatic carbocycles. The largest absolute Gasteiger partial charge is 0.478 e. The number of likely N-dealkylation sites (tertiary alicyclic amines) is 1. The van der Waals surface area contributed by atoms with E-state index in [-0.39, 0.29) is 0 Å². The summed E-state index contributed by atoms with van der Waals surface area (Å²) in [4.78, 5) is 17.5. The maximum absolute atomic E-state index is 10.9. The number of aromatic carboxylic acids is 1. The Kier molecular flexibility index (Phi) is 4.20. The molecule has 0 radical (unpaired) electrons. The summed E-state index contributed by atoms with van der Waals surface area (Å²) in [6.07, 6.45) is 2.23. The molecule has 1 aliphatic rings. The number of carboxylic acids is 1. The van der Waals surface area contributed by atoms with E-state index in [1.807, 2.05) is 12.1 Å². The fourth-order valence-electron chi connectivity index (χ4n) is 2.97. The highest BCUT2D eigenvalue weighted by Gasteiger charge is 2.22. The highest BCUT2D eigenvalue weighted by molar-refractivity contribution is 5.87. The molecular weight excluding hydrogens is 282 g/mol. The molecule has 0 bridgehead atoms. The summed E-state index contributed by atoms with van der Waals surface area (Å²) in [7, 11) is 0. The lowest BCUT2D eigenvalue weighted by Crippen LogP contribution is -2.34. The maximum atomic E-state index is 10.9. The third-order valence-electron chi connectivity index (χ3n) is 4.07. The first-order chi connectivity index (χ1) is 10.6. The van der Waals surface area contributed by atoms with Gasteiger partial charge in [-0.1, -0.05) is 17.3 Å². The molecular formula is C16H19N3O3. The lowest BCUT2D eigenvalue weighted by Gasteiger charge is -2.32. The zero-order chi connectivity index (χ0) is 15.5. The second-order valence-electron chi connectivity index (χ2n) is 5.73. The summed E-state index contributed by atoms with van der Waals surface area (Å²) in [5.74, 6) is 0.848. The highest BCUT2D eigenvalue weighted by Crippen LogP contribution is 2.27. The Hall–Kier alpha value is -2.21. The molecule has 2 heterocycles. The third-order valence-corrected chi connectivity index (χ3v) is 4.07.